The van der Waals surface area contributed by atoms with E-state index in [4.69, 9.17) is 14.2 Å². The first-order valence-corrected chi connectivity index (χ1v) is 11.4. The second-order valence-corrected chi connectivity index (χ2v) is 8.27. The molecule has 3 aromatic rings. The number of rotatable bonds is 6. The molecule has 0 spiro atoms. The highest BCUT2D eigenvalue weighted by Crippen LogP contribution is 2.29. The number of carbonyl (C=O) groups is 1. The lowest BCUT2D eigenvalue weighted by Gasteiger charge is -2.32. The van der Waals surface area contributed by atoms with Gasteiger partial charge in [-0.3, -0.25) is 9.78 Å². The van der Waals surface area contributed by atoms with Crippen LogP contribution in [0.25, 0.3) is 22.3 Å². The summed E-state index contributed by atoms with van der Waals surface area (Å²) in [6.07, 6.45) is -0.457. The molecule has 0 aliphatic carbocycles. The van der Waals surface area contributed by atoms with Crippen LogP contribution in [0.5, 0.6) is 5.88 Å². The summed E-state index contributed by atoms with van der Waals surface area (Å²) in [7, 11) is 0. The van der Waals surface area contributed by atoms with Crippen molar-refractivity contribution in [3.8, 4) is 17.1 Å². The minimum atomic E-state index is -3.04. The lowest BCUT2D eigenvalue weighted by molar-refractivity contribution is -0.151. The summed E-state index contributed by atoms with van der Waals surface area (Å²) >= 11 is 0. The number of nitrogens with zero attached hydrogens (tertiary/aromatic N) is 5. The van der Waals surface area contributed by atoms with E-state index in [-0.39, 0.29) is 45.7 Å². The number of hydrogen-bond donors (Lipinski definition) is 0. The highest BCUT2D eigenvalue weighted by Gasteiger charge is 2.29. The number of hydrogen-bond acceptors (Lipinski definition) is 8. The molecule has 2 aliphatic rings. The summed E-state index contributed by atoms with van der Waals surface area (Å²) in [6.45, 7) is 3.48. The molecule has 4 heterocycles. The highest BCUT2D eigenvalue weighted by atomic mass is 32.1. The van der Waals surface area contributed by atoms with E-state index >= 15 is 0 Å². The number of amides is 1. The van der Waals surface area contributed by atoms with Crippen LogP contribution < -0.4 is 9.64 Å². The van der Waals surface area contributed by atoms with Crippen molar-refractivity contribution < 1.29 is 27.8 Å². The molecular formula is C24H27F2N5O4S. The van der Waals surface area contributed by atoms with Crippen molar-refractivity contribution in [2.75, 3.05) is 57.5 Å². The maximum Gasteiger partial charge on any atom is 0.315 e. The Bertz CT molecular complexity index is 1180. The van der Waals surface area contributed by atoms with E-state index in [1.165, 1.54) is 0 Å². The maximum atomic E-state index is 12.8. The lowest BCUT2D eigenvalue weighted by Crippen LogP contribution is -2.49. The van der Waals surface area contributed by atoms with Gasteiger partial charge in [0.15, 0.2) is 5.52 Å². The van der Waals surface area contributed by atoms with E-state index in [1.54, 1.807) is 12.4 Å². The van der Waals surface area contributed by atoms with Crippen molar-refractivity contribution in [1.29, 1.82) is 0 Å². The smallest absolute Gasteiger partial charge is 0.315 e. The van der Waals surface area contributed by atoms with Gasteiger partial charge in [0.2, 0.25) is 5.88 Å². The fourth-order valence-corrected chi connectivity index (χ4v) is 4.19. The van der Waals surface area contributed by atoms with Gasteiger partial charge in [0.1, 0.15) is 12.7 Å². The van der Waals surface area contributed by atoms with Crippen molar-refractivity contribution >= 4 is 36.1 Å². The lowest BCUT2D eigenvalue weighted by atomic mass is 10.1. The van der Waals surface area contributed by atoms with Gasteiger partial charge in [0.05, 0.1) is 37.6 Å². The molecule has 0 saturated carbocycles. The van der Waals surface area contributed by atoms with Crippen LogP contribution in [0.2, 0.25) is 0 Å². The molecule has 1 aromatic carbocycles. The van der Waals surface area contributed by atoms with Gasteiger partial charge in [-0.25, -0.2) is 9.97 Å². The van der Waals surface area contributed by atoms with Crippen molar-refractivity contribution in [3.05, 3.63) is 42.7 Å². The Morgan fingerprint density at radius 2 is 1.83 bits per heavy atom. The molecule has 2 fully saturated rings. The van der Waals surface area contributed by atoms with Gasteiger partial charge in [-0.1, -0.05) is 12.1 Å². The molecule has 36 heavy (non-hydrogen) atoms. The van der Waals surface area contributed by atoms with E-state index in [0.717, 1.165) is 29.2 Å². The molecule has 0 bridgehead atoms. The predicted molar refractivity (Wildman–Crippen MR) is 134 cm³/mol. The molecule has 1 atom stereocenters. The number of aromatic nitrogens is 3. The summed E-state index contributed by atoms with van der Waals surface area (Å²) in [6, 6.07) is 9.94. The Balaban J connectivity index is 0.00000304. The zero-order chi connectivity index (χ0) is 24.2. The summed E-state index contributed by atoms with van der Waals surface area (Å²) in [5.74, 6) is -0.931. The van der Waals surface area contributed by atoms with E-state index in [9.17, 15) is 13.6 Å². The van der Waals surface area contributed by atoms with E-state index < -0.39 is 18.4 Å². The van der Waals surface area contributed by atoms with E-state index in [1.807, 2.05) is 30.3 Å². The van der Waals surface area contributed by atoms with Crippen LogP contribution in [0, 0.1) is 0 Å². The van der Waals surface area contributed by atoms with Crippen molar-refractivity contribution in [1.82, 2.24) is 19.9 Å². The van der Waals surface area contributed by atoms with Gasteiger partial charge in [0.25, 0.3) is 5.91 Å². The molecule has 1 amide bonds. The van der Waals surface area contributed by atoms with Gasteiger partial charge in [-0.15, -0.1) is 0 Å². The van der Waals surface area contributed by atoms with Gasteiger partial charge in [-0.05, 0) is 18.2 Å². The van der Waals surface area contributed by atoms with Crippen molar-refractivity contribution in [2.24, 2.45) is 0 Å². The SMILES string of the molecule is O=C(C(F)F)N1CCO[C@H](COc2nc(-c3ccc(N4CCOCC4)cc3)cc3nccnc23)C1.S. The third-order valence-electron chi connectivity index (χ3n) is 6.01. The number of ether oxygens (including phenoxy) is 3. The number of pyridine rings is 1. The van der Waals surface area contributed by atoms with E-state index in [0.29, 0.717) is 29.9 Å². The molecule has 2 aromatic heterocycles. The molecule has 0 radical (unpaired) electrons. The number of alkyl halides is 2. The molecule has 2 saturated heterocycles. The molecule has 9 nitrogen and oxygen atoms in total. The Morgan fingerprint density at radius 1 is 1.08 bits per heavy atom. The van der Waals surface area contributed by atoms with Crippen LogP contribution in [-0.2, 0) is 14.3 Å². The van der Waals surface area contributed by atoms with Crippen LogP contribution in [0.15, 0.2) is 42.7 Å². The summed E-state index contributed by atoms with van der Waals surface area (Å²) < 4.78 is 42.6. The average Bonchev–Trinajstić information content (AvgIpc) is 2.92. The quantitative estimate of drug-likeness (QED) is 0.491. The summed E-state index contributed by atoms with van der Waals surface area (Å²) in [4.78, 5) is 28.4. The number of halogens is 2. The zero-order valence-electron chi connectivity index (χ0n) is 19.5. The van der Waals surface area contributed by atoms with Crippen molar-refractivity contribution in [3.63, 3.8) is 0 Å². The van der Waals surface area contributed by atoms with E-state index in [2.05, 4.69) is 19.9 Å². The minimum Gasteiger partial charge on any atom is -0.473 e. The third kappa shape index (κ3) is 5.82. The summed E-state index contributed by atoms with van der Waals surface area (Å²) in [5.41, 5.74) is 3.77. The van der Waals surface area contributed by atoms with Gasteiger partial charge < -0.3 is 24.0 Å². The van der Waals surface area contributed by atoms with Crippen LogP contribution in [-0.4, -0.2) is 90.9 Å². The second-order valence-electron chi connectivity index (χ2n) is 8.27. The largest absolute Gasteiger partial charge is 0.473 e. The monoisotopic (exact) mass is 519 g/mol. The molecule has 0 unspecified atom stereocenters. The Kier molecular flexibility index (Phi) is 8.49. The molecule has 0 N–H and O–H groups in total. The average molecular weight is 520 g/mol. The van der Waals surface area contributed by atoms with Crippen LogP contribution in [0.4, 0.5) is 14.5 Å². The topological polar surface area (TPSA) is 89.9 Å². The highest BCUT2D eigenvalue weighted by molar-refractivity contribution is 7.59. The van der Waals surface area contributed by atoms with Gasteiger partial charge in [0, 0.05) is 43.3 Å². The Morgan fingerprint density at radius 3 is 2.58 bits per heavy atom. The molecule has 192 valence electrons. The Labute approximate surface area is 213 Å². The molecule has 5 rings (SSSR count). The number of morpholine rings is 2. The number of carbonyl (C=O) groups excluding carboxylic acids is 1. The van der Waals surface area contributed by atoms with Crippen LogP contribution in [0.3, 0.4) is 0 Å². The zero-order valence-corrected chi connectivity index (χ0v) is 20.5. The Hall–Kier alpha value is -3.09. The van der Waals surface area contributed by atoms with Crippen LogP contribution >= 0.6 is 13.5 Å². The normalized spacial score (nSPS) is 18.2. The van der Waals surface area contributed by atoms with Gasteiger partial charge >= 0.3 is 6.43 Å². The number of anilines is 1. The fraction of sp³-hybridized carbons (Fsp3) is 0.417. The van der Waals surface area contributed by atoms with Gasteiger partial charge in [-0.2, -0.15) is 22.3 Å². The molecule has 12 heteroatoms. The maximum absolute atomic E-state index is 12.8. The minimum absolute atomic E-state index is 0. The fourth-order valence-electron chi connectivity index (χ4n) is 4.19. The standard InChI is InChI=1S/C24H25F2N5O4.H2S/c25-22(26)24(32)31-9-12-34-18(14-31)15-35-23-21-20(27-5-6-28-21)13-19(29-23)16-1-3-17(4-2-16)30-7-10-33-11-8-30;/h1-6,13,18,22H,7-12,14-15H2;1H2/t18-;/m0./s1. The first-order valence-electron chi connectivity index (χ1n) is 11.4. The first-order chi connectivity index (χ1) is 17.1. The second kappa shape index (κ2) is 11.8. The van der Waals surface area contributed by atoms with Crippen LogP contribution in [0.1, 0.15) is 0 Å². The van der Waals surface area contributed by atoms with Crippen molar-refractivity contribution in [2.45, 2.75) is 12.5 Å². The molecule has 2 aliphatic heterocycles. The number of benzene rings is 1. The summed E-state index contributed by atoms with van der Waals surface area (Å²) in [5, 5.41) is 0. The number of fused-ring (bicyclic) bond motifs is 1. The molecular weight excluding hydrogens is 492 g/mol. The third-order valence-corrected chi connectivity index (χ3v) is 6.01. The predicted octanol–water partition coefficient (Wildman–Crippen LogP) is 2.51. The first kappa shape index (κ1) is 26.0.